The third-order valence-electron chi connectivity index (χ3n) is 2.60. The van der Waals surface area contributed by atoms with E-state index in [9.17, 15) is 0 Å². The zero-order chi connectivity index (χ0) is 12.5. The SMILES string of the molecule is COc1c(/C=N/O)ccc2c1OC(C)(C)C=C2. The lowest BCUT2D eigenvalue weighted by molar-refractivity contribution is 0.152. The fourth-order valence-electron chi connectivity index (χ4n) is 1.79. The molecule has 0 aromatic heterocycles. The Morgan fingerprint density at radius 3 is 2.82 bits per heavy atom. The molecule has 0 atom stereocenters. The summed E-state index contributed by atoms with van der Waals surface area (Å²) in [5.41, 5.74) is 1.27. The first-order valence-electron chi connectivity index (χ1n) is 5.34. The molecule has 0 saturated carbocycles. The van der Waals surface area contributed by atoms with Gasteiger partial charge in [0.05, 0.1) is 13.3 Å². The second-order valence-electron chi connectivity index (χ2n) is 4.39. The molecule has 90 valence electrons. The van der Waals surface area contributed by atoms with Crippen LogP contribution in [0.15, 0.2) is 23.4 Å². The molecule has 4 nitrogen and oxygen atoms in total. The maximum Gasteiger partial charge on any atom is 0.170 e. The summed E-state index contributed by atoms with van der Waals surface area (Å²) < 4.78 is 11.2. The van der Waals surface area contributed by atoms with E-state index in [4.69, 9.17) is 14.7 Å². The van der Waals surface area contributed by atoms with Crippen LogP contribution in [0.5, 0.6) is 11.5 Å². The van der Waals surface area contributed by atoms with Crippen LogP contribution in [0.3, 0.4) is 0 Å². The smallest absolute Gasteiger partial charge is 0.170 e. The predicted molar refractivity (Wildman–Crippen MR) is 66.1 cm³/mol. The number of oxime groups is 1. The van der Waals surface area contributed by atoms with Gasteiger partial charge in [-0.1, -0.05) is 17.3 Å². The third-order valence-corrected chi connectivity index (χ3v) is 2.60. The molecule has 0 bridgehead atoms. The molecule has 0 spiro atoms. The summed E-state index contributed by atoms with van der Waals surface area (Å²) >= 11 is 0. The molecule has 1 N–H and O–H groups in total. The van der Waals surface area contributed by atoms with E-state index in [2.05, 4.69) is 5.16 Å². The number of hydrogen-bond acceptors (Lipinski definition) is 4. The van der Waals surface area contributed by atoms with Gasteiger partial charge in [-0.15, -0.1) is 0 Å². The molecule has 4 heteroatoms. The van der Waals surface area contributed by atoms with Gasteiger partial charge in [0, 0.05) is 11.1 Å². The van der Waals surface area contributed by atoms with Crippen molar-refractivity contribution in [2.45, 2.75) is 19.4 Å². The minimum absolute atomic E-state index is 0.366. The van der Waals surface area contributed by atoms with Gasteiger partial charge in [0.2, 0.25) is 0 Å². The first-order valence-corrected chi connectivity index (χ1v) is 5.34. The minimum atomic E-state index is -0.366. The van der Waals surface area contributed by atoms with Gasteiger partial charge in [-0.3, -0.25) is 0 Å². The van der Waals surface area contributed by atoms with Crippen LogP contribution in [0.25, 0.3) is 6.08 Å². The highest BCUT2D eigenvalue weighted by Gasteiger charge is 2.25. The molecular weight excluding hydrogens is 218 g/mol. The summed E-state index contributed by atoms with van der Waals surface area (Å²) in [5.74, 6) is 1.26. The molecule has 0 saturated heterocycles. The van der Waals surface area contributed by atoms with Crippen molar-refractivity contribution in [3.8, 4) is 11.5 Å². The highest BCUT2D eigenvalue weighted by atomic mass is 16.5. The Kier molecular flexibility index (Phi) is 2.79. The first-order chi connectivity index (χ1) is 8.07. The average molecular weight is 233 g/mol. The molecule has 0 unspecified atom stereocenters. The second-order valence-corrected chi connectivity index (χ2v) is 4.39. The molecule has 1 aromatic rings. The number of methoxy groups -OCH3 is 1. The molecule has 1 aliphatic rings. The summed E-state index contributed by atoms with van der Waals surface area (Å²) in [6.45, 7) is 3.94. The van der Waals surface area contributed by atoms with Crippen molar-refractivity contribution in [3.05, 3.63) is 29.3 Å². The Morgan fingerprint density at radius 1 is 1.41 bits per heavy atom. The monoisotopic (exact) mass is 233 g/mol. The summed E-state index contributed by atoms with van der Waals surface area (Å²) in [6, 6.07) is 3.73. The first kappa shape index (κ1) is 11.5. The maximum atomic E-state index is 8.61. The average Bonchev–Trinajstić information content (AvgIpc) is 2.28. The van der Waals surface area contributed by atoms with Crippen LogP contribution < -0.4 is 9.47 Å². The zero-order valence-corrected chi connectivity index (χ0v) is 10.1. The van der Waals surface area contributed by atoms with Crippen LogP contribution >= 0.6 is 0 Å². The van der Waals surface area contributed by atoms with Gasteiger partial charge >= 0.3 is 0 Å². The lowest BCUT2D eigenvalue weighted by atomic mass is 10.0. The largest absolute Gasteiger partial charge is 0.492 e. The Morgan fingerprint density at radius 2 is 2.18 bits per heavy atom. The summed E-state index contributed by atoms with van der Waals surface area (Å²) in [6.07, 6.45) is 5.32. The van der Waals surface area contributed by atoms with Gasteiger partial charge in [0.15, 0.2) is 11.5 Å². The van der Waals surface area contributed by atoms with E-state index < -0.39 is 0 Å². The van der Waals surface area contributed by atoms with Crippen molar-refractivity contribution in [1.82, 2.24) is 0 Å². The van der Waals surface area contributed by atoms with Gasteiger partial charge in [-0.2, -0.15) is 0 Å². The van der Waals surface area contributed by atoms with Gasteiger partial charge in [0.1, 0.15) is 5.60 Å². The molecule has 1 aromatic carbocycles. The second kappa shape index (κ2) is 4.13. The van der Waals surface area contributed by atoms with Crippen molar-refractivity contribution in [3.63, 3.8) is 0 Å². The highest BCUT2D eigenvalue weighted by molar-refractivity contribution is 5.86. The van der Waals surface area contributed by atoms with E-state index >= 15 is 0 Å². The van der Waals surface area contributed by atoms with Crippen LogP contribution in [0.2, 0.25) is 0 Å². The van der Waals surface area contributed by atoms with E-state index in [1.807, 2.05) is 38.1 Å². The number of benzene rings is 1. The van der Waals surface area contributed by atoms with Crippen molar-refractivity contribution in [2.24, 2.45) is 5.16 Å². The molecule has 0 amide bonds. The van der Waals surface area contributed by atoms with E-state index in [0.717, 1.165) is 5.56 Å². The van der Waals surface area contributed by atoms with Gasteiger partial charge in [-0.05, 0) is 26.0 Å². The molecule has 0 aliphatic carbocycles. The van der Waals surface area contributed by atoms with Crippen LogP contribution in [0.4, 0.5) is 0 Å². The molecule has 1 aliphatic heterocycles. The highest BCUT2D eigenvalue weighted by Crippen LogP contribution is 2.40. The predicted octanol–water partition coefficient (Wildman–Crippen LogP) is 2.69. The number of nitrogens with zero attached hydrogens (tertiary/aromatic N) is 1. The number of fused-ring (bicyclic) bond motifs is 1. The van der Waals surface area contributed by atoms with E-state index in [0.29, 0.717) is 17.1 Å². The maximum absolute atomic E-state index is 8.61. The van der Waals surface area contributed by atoms with Crippen LogP contribution in [0, 0.1) is 0 Å². The molecule has 2 rings (SSSR count). The molecular formula is C13H15NO3. The van der Waals surface area contributed by atoms with E-state index in [-0.39, 0.29) is 5.60 Å². The zero-order valence-electron chi connectivity index (χ0n) is 10.1. The Labute approximate surface area is 100 Å². The van der Waals surface area contributed by atoms with E-state index in [1.165, 1.54) is 6.21 Å². The van der Waals surface area contributed by atoms with Crippen molar-refractivity contribution >= 4 is 12.3 Å². The molecule has 17 heavy (non-hydrogen) atoms. The third kappa shape index (κ3) is 2.11. The Bertz CT molecular complexity index is 490. The summed E-state index contributed by atoms with van der Waals surface area (Å²) in [5, 5.41) is 11.6. The van der Waals surface area contributed by atoms with Crippen molar-refractivity contribution < 1.29 is 14.7 Å². The number of ether oxygens (including phenoxy) is 2. The quantitative estimate of drug-likeness (QED) is 0.485. The van der Waals surface area contributed by atoms with Crippen LogP contribution in [-0.4, -0.2) is 24.1 Å². The van der Waals surface area contributed by atoms with Gasteiger partial charge < -0.3 is 14.7 Å². The minimum Gasteiger partial charge on any atom is -0.492 e. The fourth-order valence-corrected chi connectivity index (χ4v) is 1.79. The lowest BCUT2D eigenvalue weighted by Crippen LogP contribution is -2.27. The Balaban J connectivity index is 2.58. The van der Waals surface area contributed by atoms with Gasteiger partial charge in [-0.25, -0.2) is 0 Å². The van der Waals surface area contributed by atoms with Crippen LogP contribution in [-0.2, 0) is 0 Å². The summed E-state index contributed by atoms with van der Waals surface area (Å²) in [7, 11) is 1.57. The standard InChI is InChI=1S/C13H15NO3/c1-13(2)7-6-9-4-5-10(8-14-15)11(16-3)12(9)17-13/h4-8,15H,1-3H3/b14-8+. The Hall–Kier alpha value is -1.97. The normalized spacial score (nSPS) is 16.6. The van der Waals surface area contributed by atoms with Crippen molar-refractivity contribution in [2.75, 3.05) is 7.11 Å². The fraction of sp³-hybridized carbons (Fsp3) is 0.308. The molecule has 0 radical (unpaired) electrons. The van der Waals surface area contributed by atoms with E-state index in [1.54, 1.807) is 7.11 Å². The topological polar surface area (TPSA) is 51.0 Å². The summed E-state index contributed by atoms with van der Waals surface area (Å²) in [4.78, 5) is 0. The lowest BCUT2D eigenvalue weighted by Gasteiger charge is -2.29. The van der Waals surface area contributed by atoms with Crippen molar-refractivity contribution in [1.29, 1.82) is 0 Å². The number of hydrogen-bond donors (Lipinski definition) is 1. The molecule has 1 heterocycles. The molecule has 0 fully saturated rings. The van der Waals surface area contributed by atoms with Crippen LogP contribution in [0.1, 0.15) is 25.0 Å². The number of rotatable bonds is 2. The van der Waals surface area contributed by atoms with Gasteiger partial charge in [0.25, 0.3) is 0 Å².